The number of nitrogens with zero attached hydrogens (tertiary/aromatic N) is 1. The number of likely N-dealkylation sites (tertiary alicyclic amines) is 1. The van der Waals surface area contributed by atoms with Crippen molar-refractivity contribution in [2.24, 2.45) is 0 Å². The van der Waals surface area contributed by atoms with Gasteiger partial charge in [-0.05, 0) is 44.9 Å². The van der Waals surface area contributed by atoms with Gasteiger partial charge in [0.15, 0.2) is 0 Å². The molecule has 0 aliphatic carbocycles. The fourth-order valence-corrected chi connectivity index (χ4v) is 2.54. The maximum atomic E-state index is 11.6. The summed E-state index contributed by atoms with van der Waals surface area (Å²) in [5.41, 5.74) is 1.23. The molecule has 1 amide bonds. The molecule has 2 rings (SSSR count). The molecule has 4 nitrogen and oxygen atoms in total. The van der Waals surface area contributed by atoms with Gasteiger partial charge in [-0.1, -0.05) is 12.1 Å². The predicted octanol–water partition coefficient (Wildman–Crippen LogP) is 2.57. The lowest BCUT2D eigenvalue weighted by Crippen LogP contribution is -2.39. The van der Waals surface area contributed by atoms with E-state index in [2.05, 4.69) is 24.4 Å². The van der Waals surface area contributed by atoms with Crippen molar-refractivity contribution in [3.05, 3.63) is 29.8 Å². The molecule has 1 saturated heterocycles. The van der Waals surface area contributed by atoms with Crippen LogP contribution in [0.25, 0.3) is 0 Å². The average molecular weight is 290 g/mol. The molecule has 0 radical (unpaired) electrons. The van der Waals surface area contributed by atoms with E-state index >= 15 is 0 Å². The fraction of sp³-hybridized carbons (Fsp3) is 0.588. The molecule has 1 aromatic carbocycles. The summed E-state index contributed by atoms with van der Waals surface area (Å²) in [6.07, 6.45) is 1.92. The molecule has 21 heavy (non-hydrogen) atoms. The number of benzene rings is 1. The number of ether oxygens (including phenoxy) is 1. The minimum absolute atomic E-state index is 0.201. The fourth-order valence-electron chi connectivity index (χ4n) is 2.54. The standard InChI is InChI=1S/C17H26N2O2/c1-13(2)21-16-8-6-15(7-9-16)11-18-14(3)12-19-10-4-5-17(19)20/h6-9,13-14,18H,4-5,10-12H2,1-3H3. The Hall–Kier alpha value is -1.55. The molecule has 1 unspecified atom stereocenters. The smallest absolute Gasteiger partial charge is 0.222 e. The maximum absolute atomic E-state index is 11.6. The summed E-state index contributed by atoms with van der Waals surface area (Å²) in [4.78, 5) is 13.5. The van der Waals surface area contributed by atoms with Crippen LogP contribution in [0.1, 0.15) is 39.2 Å². The molecule has 0 bridgehead atoms. The van der Waals surface area contributed by atoms with Crippen LogP contribution in [0.5, 0.6) is 5.75 Å². The normalized spacial score (nSPS) is 16.6. The van der Waals surface area contributed by atoms with Crippen molar-refractivity contribution in [3.8, 4) is 5.75 Å². The largest absolute Gasteiger partial charge is 0.491 e. The molecule has 1 N–H and O–H groups in total. The van der Waals surface area contributed by atoms with Crippen molar-refractivity contribution < 1.29 is 9.53 Å². The molecule has 1 aliphatic rings. The minimum atomic E-state index is 0.201. The molecular weight excluding hydrogens is 264 g/mol. The van der Waals surface area contributed by atoms with E-state index in [1.165, 1.54) is 5.56 Å². The average Bonchev–Trinajstić information content (AvgIpc) is 2.83. The minimum Gasteiger partial charge on any atom is -0.491 e. The van der Waals surface area contributed by atoms with E-state index in [4.69, 9.17) is 4.74 Å². The first-order valence-electron chi connectivity index (χ1n) is 7.81. The summed E-state index contributed by atoms with van der Waals surface area (Å²) >= 11 is 0. The molecule has 1 atom stereocenters. The molecular formula is C17H26N2O2. The van der Waals surface area contributed by atoms with Crippen LogP contribution in [0.15, 0.2) is 24.3 Å². The van der Waals surface area contributed by atoms with E-state index in [9.17, 15) is 4.79 Å². The maximum Gasteiger partial charge on any atom is 0.222 e. The summed E-state index contributed by atoms with van der Waals surface area (Å²) in [6, 6.07) is 8.48. The van der Waals surface area contributed by atoms with Crippen molar-refractivity contribution in [1.82, 2.24) is 10.2 Å². The van der Waals surface area contributed by atoms with Crippen LogP contribution >= 0.6 is 0 Å². The van der Waals surface area contributed by atoms with E-state index in [1.807, 2.05) is 30.9 Å². The molecule has 1 aromatic rings. The number of amides is 1. The van der Waals surface area contributed by atoms with Crippen LogP contribution in [-0.2, 0) is 11.3 Å². The lowest BCUT2D eigenvalue weighted by atomic mass is 10.2. The van der Waals surface area contributed by atoms with Crippen molar-refractivity contribution >= 4 is 5.91 Å². The monoisotopic (exact) mass is 290 g/mol. The van der Waals surface area contributed by atoms with Gasteiger partial charge >= 0.3 is 0 Å². The summed E-state index contributed by atoms with van der Waals surface area (Å²) in [6.45, 7) is 8.69. The molecule has 1 fully saturated rings. The first-order valence-corrected chi connectivity index (χ1v) is 7.81. The van der Waals surface area contributed by atoms with Crippen molar-refractivity contribution in [1.29, 1.82) is 0 Å². The summed E-state index contributed by atoms with van der Waals surface area (Å²) in [5, 5.41) is 3.47. The highest BCUT2D eigenvalue weighted by Crippen LogP contribution is 2.14. The Morgan fingerprint density at radius 3 is 2.52 bits per heavy atom. The van der Waals surface area contributed by atoms with Gasteiger partial charge in [0.2, 0.25) is 5.91 Å². The quantitative estimate of drug-likeness (QED) is 0.839. The highest BCUT2D eigenvalue weighted by molar-refractivity contribution is 5.78. The number of nitrogens with one attached hydrogen (secondary N) is 1. The molecule has 116 valence electrons. The lowest BCUT2D eigenvalue weighted by Gasteiger charge is -2.21. The number of hydrogen-bond acceptors (Lipinski definition) is 3. The number of hydrogen-bond donors (Lipinski definition) is 1. The first-order chi connectivity index (χ1) is 10.0. The van der Waals surface area contributed by atoms with Gasteiger partial charge < -0.3 is 15.0 Å². The Kier molecular flexibility index (Phi) is 5.62. The Labute approximate surface area is 127 Å². The topological polar surface area (TPSA) is 41.6 Å². The van der Waals surface area contributed by atoms with E-state index < -0.39 is 0 Å². The third-order valence-electron chi connectivity index (χ3n) is 3.62. The molecule has 4 heteroatoms. The van der Waals surface area contributed by atoms with Gasteiger partial charge in [-0.15, -0.1) is 0 Å². The van der Waals surface area contributed by atoms with Crippen LogP contribution < -0.4 is 10.1 Å². The van der Waals surface area contributed by atoms with Gasteiger partial charge in [-0.2, -0.15) is 0 Å². The molecule has 1 heterocycles. The van der Waals surface area contributed by atoms with Crippen LogP contribution in [-0.4, -0.2) is 36.0 Å². The summed E-state index contributed by atoms with van der Waals surface area (Å²) < 4.78 is 5.63. The van der Waals surface area contributed by atoms with Crippen molar-refractivity contribution in [2.75, 3.05) is 13.1 Å². The second-order valence-corrected chi connectivity index (χ2v) is 6.04. The van der Waals surface area contributed by atoms with Crippen LogP contribution in [0.4, 0.5) is 0 Å². The molecule has 0 aromatic heterocycles. The zero-order valence-electron chi connectivity index (χ0n) is 13.3. The Morgan fingerprint density at radius 1 is 1.24 bits per heavy atom. The Morgan fingerprint density at radius 2 is 1.95 bits per heavy atom. The van der Waals surface area contributed by atoms with E-state index in [-0.39, 0.29) is 6.10 Å². The molecule has 0 spiro atoms. The van der Waals surface area contributed by atoms with Crippen LogP contribution in [0, 0.1) is 0 Å². The highest BCUT2D eigenvalue weighted by atomic mass is 16.5. The van der Waals surface area contributed by atoms with Crippen LogP contribution in [0.3, 0.4) is 0 Å². The molecule has 0 saturated carbocycles. The van der Waals surface area contributed by atoms with Crippen molar-refractivity contribution in [3.63, 3.8) is 0 Å². The van der Waals surface area contributed by atoms with E-state index in [0.29, 0.717) is 18.4 Å². The van der Waals surface area contributed by atoms with E-state index in [0.717, 1.165) is 31.8 Å². The van der Waals surface area contributed by atoms with E-state index in [1.54, 1.807) is 0 Å². The van der Waals surface area contributed by atoms with Gasteiger partial charge in [-0.3, -0.25) is 4.79 Å². The SMILES string of the molecule is CC(CN1CCCC1=O)NCc1ccc(OC(C)C)cc1. The zero-order valence-corrected chi connectivity index (χ0v) is 13.3. The third kappa shape index (κ3) is 5.05. The van der Waals surface area contributed by atoms with Gasteiger partial charge in [-0.25, -0.2) is 0 Å². The molecule has 1 aliphatic heterocycles. The Bertz CT molecular complexity index is 456. The second kappa shape index (κ2) is 7.46. The predicted molar refractivity (Wildman–Crippen MR) is 84.3 cm³/mol. The van der Waals surface area contributed by atoms with Crippen molar-refractivity contribution in [2.45, 2.75) is 52.3 Å². The Balaban J connectivity index is 1.75. The summed E-state index contributed by atoms with van der Waals surface area (Å²) in [5.74, 6) is 1.20. The number of rotatable bonds is 7. The lowest BCUT2D eigenvalue weighted by molar-refractivity contribution is -0.127. The third-order valence-corrected chi connectivity index (χ3v) is 3.62. The number of carbonyl (C=O) groups is 1. The van der Waals surface area contributed by atoms with Crippen LogP contribution in [0.2, 0.25) is 0 Å². The highest BCUT2D eigenvalue weighted by Gasteiger charge is 2.21. The van der Waals surface area contributed by atoms with Gasteiger partial charge in [0, 0.05) is 32.1 Å². The van der Waals surface area contributed by atoms with Gasteiger partial charge in [0.05, 0.1) is 6.10 Å². The number of carbonyl (C=O) groups excluding carboxylic acids is 1. The second-order valence-electron chi connectivity index (χ2n) is 6.04. The van der Waals surface area contributed by atoms with Gasteiger partial charge in [0.25, 0.3) is 0 Å². The summed E-state index contributed by atoms with van der Waals surface area (Å²) in [7, 11) is 0. The first kappa shape index (κ1) is 15.8. The zero-order chi connectivity index (χ0) is 15.2. The van der Waals surface area contributed by atoms with Gasteiger partial charge in [0.1, 0.15) is 5.75 Å².